The average Bonchev–Trinajstić information content (AvgIpc) is 2.55. The zero-order valence-corrected chi connectivity index (χ0v) is 13.4. The molecule has 0 heterocycles. The van der Waals surface area contributed by atoms with Gasteiger partial charge in [0.05, 0.1) is 5.56 Å². The first kappa shape index (κ1) is 18.2. The first-order valence-electron chi connectivity index (χ1n) is 8.12. The average molecular weight is 306 g/mol. The van der Waals surface area contributed by atoms with Crippen LogP contribution < -0.4 is 0 Å². The van der Waals surface area contributed by atoms with Crippen LogP contribution in [-0.4, -0.2) is 25.2 Å². The highest BCUT2D eigenvalue weighted by atomic mass is 16.6. The Kier molecular flexibility index (Phi) is 9.75. The summed E-state index contributed by atoms with van der Waals surface area (Å²) in [6.45, 7) is 2.39. The van der Waals surface area contributed by atoms with Crippen molar-refractivity contribution in [3.05, 3.63) is 35.9 Å². The van der Waals surface area contributed by atoms with E-state index in [1.165, 1.54) is 25.7 Å². The van der Waals surface area contributed by atoms with Gasteiger partial charge in [-0.3, -0.25) is 4.79 Å². The molecule has 0 saturated heterocycles. The molecule has 0 aliphatic heterocycles. The molecule has 122 valence electrons. The van der Waals surface area contributed by atoms with Gasteiger partial charge in [-0.2, -0.15) is 0 Å². The second-order valence-corrected chi connectivity index (χ2v) is 5.24. The van der Waals surface area contributed by atoms with Gasteiger partial charge in [0, 0.05) is 6.42 Å². The van der Waals surface area contributed by atoms with Crippen molar-refractivity contribution in [3.8, 4) is 0 Å². The lowest BCUT2D eigenvalue weighted by atomic mass is 10.1. The summed E-state index contributed by atoms with van der Waals surface area (Å²) in [5, 5.41) is 0. The predicted molar refractivity (Wildman–Crippen MR) is 85.7 cm³/mol. The van der Waals surface area contributed by atoms with E-state index in [0.29, 0.717) is 12.0 Å². The van der Waals surface area contributed by atoms with Crippen molar-refractivity contribution in [2.45, 2.75) is 51.9 Å². The molecule has 0 aliphatic carbocycles. The maximum absolute atomic E-state index is 11.6. The summed E-state index contributed by atoms with van der Waals surface area (Å²) in [5.41, 5.74) is 0.501. The normalized spacial score (nSPS) is 10.2. The van der Waals surface area contributed by atoms with Gasteiger partial charge >= 0.3 is 11.9 Å². The Bertz CT molecular complexity index is 428. The molecule has 1 rings (SSSR count). The van der Waals surface area contributed by atoms with Crippen molar-refractivity contribution in [2.75, 3.05) is 13.2 Å². The molecule has 0 amide bonds. The van der Waals surface area contributed by atoms with Crippen LogP contribution in [0.1, 0.15) is 62.2 Å². The van der Waals surface area contributed by atoms with Gasteiger partial charge in [-0.15, -0.1) is 0 Å². The summed E-state index contributed by atoms with van der Waals surface area (Å²) in [7, 11) is 0. The SMILES string of the molecule is CCCCCCCCC(=O)OCCOC(=O)c1ccccc1. The maximum atomic E-state index is 11.6. The fourth-order valence-electron chi connectivity index (χ4n) is 2.07. The Hall–Kier alpha value is -1.84. The highest BCUT2D eigenvalue weighted by molar-refractivity contribution is 5.89. The number of carbonyl (C=O) groups is 2. The van der Waals surface area contributed by atoms with Crippen LogP contribution in [0, 0.1) is 0 Å². The lowest BCUT2D eigenvalue weighted by Gasteiger charge is -2.06. The maximum Gasteiger partial charge on any atom is 0.338 e. The van der Waals surface area contributed by atoms with E-state index in [9.17, 15) is 9.59 Å². The van der Waals surface area contributed by atoms with Crippen molar-refractivity contribution in [2.24, 2.45) is 0 Å². The molecule has 4 heteroatoms. The first-order chi connectivity index (χ1) is 10.7. The summed E-state index contributed by atoms with van der Waals surface area (Å²) in [6.07, 6.45) is 7.28. The minimum absolute atomic E-state index is 0.0932. The number of hydrogen-bond acceptors (Lipinski definition) is 4. The molecule has 0 bridgehead atoms. The van der Waals surface area contributed by atoms with Gasteiger partial charge in [0.25, 0.3) is 0 Å². The van der Waals surface area contributed by atoms with Gasteiger partial charge in [0.15, 0.2) is 0 Å². The van der Waals surface area contributed by atoms with E-state index < -0.39 is 5.97 Å². The van der Waals surface area contributed by atoms with Crippen LogP contribution in [0.25, 0.3) is 0 Å². The van der Waals surface area contributed by atoms with Gasteiger partial charge in [0.2, 0.25) is 0 Å². The smallest absolute Gasteiger partial charge is 0.338 e. The second kappa shape index (κ2) is 11.8. The first-order valence-corrected chi connectivity index (χ1v) is 8.12. The lowest BCUT2D eigenvalue weighted by molar-refractivity contribution is -0.144. The van der Waals surface area contributed by atoms with E-state index in [2.05, 4.69) is 6.92 Å². The highest BCUT2D eigenvalue weighted by Gasteiger charge is 2.07. The number of rotatable bonds is 11. The Morgan fingerprint density at radius 2 is 1.50 bits per heavy atom. The zero-order chi connectivity index (χ0) is 16.0. The number of benzene rings is 1. The van der Waals surface area contributed by atoms with Crippen molar-refractivity contribution >= 4 is 11.9 Å². The highest BCUT2D eigenvalue weighted by Crippen LogP contribution is 2.07. The minimum atomic E-state index is -0.396. The molecule has 0 aliphatic rings. The topological polar surface area (TPSA) is 52.6 Å². The fourth-order valence-corrected chi connectivity index (χ4v) is 2.07. The van der Waals surface area contributed by atoms with E-state index in [4.69, 9.17) is 9.47 Å². The van der Waals surface area contributed by atoms with E-state index in [0.717, 1.165) is 12.8 Å². The van der Waals surface area contributed by atoms with Crippen LogP contribution in [0.5, 0.6) is 0 Å². The third-order valence-electron chi connectivity index (χ3n) is 3.32. The summed E-state index contributed by atoms with van der Waals surface area (Å²) in [5.74, 6) is -0.612. The van der Waals surface area contributed by atoms with Crippen LogP contribution in [0.2, 0.25) is 0 Å². The third-order valence-corrected chi connectivity index (χ3v) is 3.32. The Balaban J connectivity index is 2.00. The lowest BCUT2D eigenvalue weighted by Crippen LogP contribution is -2.13. The quantitative estimate of drug-likeness (QED) is 0.455. The Labute approximate surface area is 132 Å². The van der Waals surface area contributed by atoms with Crippen molar-refractivity contribution in [1.82, 2.24) is 0 Å². The molecule has 22 heavy (non-hydrogen) atoms. The van der Waals surface area contributed by atoms with Gasteiger partial charge in [-0.05, 0) is 18.6 Å². The Morgan fingerprint density at radius 1 is 0.864 bits per heavy atom. The molecule has 0 fully saturated rings. The number of ether oxygens (including phenoxy) is 2. The van der Waals surface area contributed by atoms with E-state index in [1.54, 1.807) is 24.3 Å². The summed E-state index contributed by atoms with van der Waals surface area (Å²) in [4.78, 5) is 23.1. The van der Waals surface area contributed by atoms with Gasteiger partial charge < -0.3 is 9.47 Å². The molecular formula is C18H26O4. The number of carbonyl (C=O) groups excluding carboxylic acids is 2. The molecule has 0 aromatic heterocycles. The minimum Gasteiger partial charge on any atom is -0.462 e. The van der Waals surface area contributed by atoms with Gasteiger partial charge in [-0.1, -0.05) is 57.2 Å². The Morgan fingerprint density at radius 3 is 2.23 bits per heavy atom. The van der Waals surface area contributed by atoms with Crippen LogP contribution in [0.3, 0.4) is 0 Å². The largest absolute Gasteiger partial charge is 0.462 e. The molecule has 0 radical (unpaired) electrons. The molecule has 0 spiro atoms. The third kappa shape index (κ3) is 8.45. The molecule has 1 aromatic rings. The van der Waals surface area contributed by atoms with Crippen LogP contribution >= 0.6 is 0 Å². The van der Waals surface area contributed by atoms with Crippen molar-refractivity contribution in [1.29, 1.82) is 0 Å². The molecule has 0 atom stereocenters. The standard InChI is InChI=1S/C18H26O4/c1-2-3-4-5-6-10-13-17(19)21-14-15-22-18(20)16-11-8-7-9-12-16/h7-9,11-12H,2-6,10,13-15H2,1H3. The van der Waals surface area contributed by atoms with Crippen LogP contribution in [0.4, 0.5) is 0 Å². The zero-order valence-electron chi connectivity index (χ0n) is 13.4. The summed E-state index contributed by atoms with van der Waals surface area (Å²) >= 11 is 0. The fraction of sp³-hybridized carbons (Fsp3) is 0.556. The number of hydrogen-bond donors (Lipinski definition) is 0. The van der Waals surface area contributed by atoms with Crippen LogP contribution in [0.15, 0.2) is 30.3 Å². The molecule has 0 saturated carbocycles. The summed E-state index contributed by atoms with van der Waals surface area (Å²) < 4.78 is 10.1. The number of unbranched alkanes of at least 4 members (excludes halogenated alkanes) is 5. The molecule has 0 N–H and O–H groups in total. The van der Waals surface area contributed by atoms with E-state index >= 15 is 0 Å². The van der Waals surface area contributed by atoms with Crippen molar-refractivity contribution in [3.63, 3.8) is 0 Å². The predicted octanol–water partition coefficient (Wildman–Crippen LogP) is 4.14. The molecule has 4 nitrogen and oxygen atoms in total. The van der Waals surface area contributed by atoms with E-state index in [1.807, 2.05) is 6.07 Å². The molecule has 1 aromatic carbocycles. The summed E-state index contributed by atoms with van der Waals surface area (Å²) in [6, 6.07) is 8.76. The molecular weight excluding hydrogens is 280 g/mol. The van der Waals surface area contributed by atoms with E-state index in [-0.39, 0.29) is 19.2 Å². The second-order valence-electron chi connectivity index (χ2n) is 5.24. The van der Waals surface area contributed by atoms with Crippen molar-refractivity contribution < 1.29 is 19.1 Å². The monoisotopic (exact) mass is 306 g/mol. The van der Waals surface area contributed by atoms with Crippen LogP contribution in [-0.2, 0) is 14.3 Å². The van der Waals surface area contributed by atoms with Gasteiger partial charge in [0.1, 0.15) is 13.2 Å². The van der Waals surface area contributed by atoms with Gasteiger partial charge in [-0.25, -0.2) is 4.79 Å². The molecule has 0 unspecified atom stereocenters. The number of esters is 2.